The molecule has 0 spiro atoms. The summed E-state index contributed by atoms with van der Waals surface area (Å²) in [5, 5.41) is 2.03. The Labute approximate surface area is 145 Å². The molecule has 2 fully saturated rings. The number of amides is 1. The van der Waals surface area contributed by atoms with Crippen LogP contribution >= 0.6 is 11.3 Å². The fourth-order valence-electron chi connectivity index (χ4n) is 3.58. The van der Waals surface area contributed by atoms with Crippen LogP contribution in [0.15, 0.2) is 29.8 Å². The number of anilines is 1. The number of morpholine rings is 1. The summed E-state index contributed by atoms with van der Waals surface area (Å²) < 4.78 is 5.96. The lowest BCUT2D eigenvalue weighted by molar-refractivity contribution is 0.0302. The number of nitrogens with zero attached hydrogens (tertiary/aromatic N) is 3. The highest BCUT2D eigenvalue weighted by Gasteiger charge is 2.42. The molecule has 24 heavy (non-hydrogen) atoms. The van der Waals surface area contributed by atoms with Gasteiger partial charge >= 0.3 is 0 Å². The normalized spacial score (nSPS) is 23.4. The molecule has 2 aliphatic heterocycles. The van der Waals surface area contributed by atoms with Crippen molar-refractivity contribution in [2.45, 2.75) is 26.0 Å². The third kappa shape index (κ3) is 2.80. The monoisotopic (exact) mass is 343 g/mol. The van der Waals surface area contributed by atoms with E-state index in [1.807, 2.05) is 42.5 Å². The minimum absolute atomic E-state index is 0.0808. The first kappa shape index (κ1) is 15.6. The van der Waals surface area contributed by atoms with Crippen LogP contribution in [-0.4, -0.2) is 54.2 Å². The molecule has 1 amide bonds. The maximum absolute atomic E-state index is 12.8. The van der Waals surface area contributed by atoms with Gasteiger partial charge in [-0.1, -0.05) is 0 Å². The van der Waals surface area contributed by atoms with Gasteiger partial charge in [0.05, 0.1) is 23.6 Å². The van der Waals surface area contributed by atoms with Gasteiger partial charge in [-0.3, -0.25) is 9.78 Å². The fraction of sp³-hybridized carbons (Fsp3) is 0.444. The molecule has 6 heteroatoms. The molecule has 2 aromatic rings. The largest absolute Gasteiger partial charge is 0.372 e. The average molecular weight is 343 g/mol. The lowest BCUT2D eigenvalue weighted by Gasteiger charge is -2.38. The number of carbonyl (C=O) groups excluding carboxylic acids is 1. The van der Waals surface area contributed by atoms with Crippen LogP contribution in [0, 0.1) is 13.8 Å². The van der Waals surface area contributed by atoms with Gasteiger partial charge in [0.15, 0.2) is 0 Å². The van der Waals surface area contributed by atoms with Crippen molar-refractivity contribution in [1.82, 2.24) is 9.88 Å². The van der Waals surface area contributed by atoms with E-state index in [1.54, 1.807) is 0 Å². The fourth-order valence-corrected chi connectivity index (χ4v) is 4.45. The summed E-state index contributed by atoms with van der Waals surface area (Å²) in [5.41, 5.74) is 3.32. The molecule has 0 N–H and O–H groups in total. The van der Waals surface area contributed by atoms with Gasteiger partial charge in [-0.05, 0) is 43.0 Å². The number of rotatable bonds is 2. The summed E-state index contributed by atoms with van der Waals surface area (Å²) >= 11 is 1.52. The molecular weight excluding hydrogens is 322 g/mol. The number of aryl methyl sites for hydroxylation is 2. The van der Waals surface area contributed by atoms with E-state index < -0.39 is 0 Å². The Kier molecular flexibility index (Phi) is 4.02. The van der Waals surface area contributed by atoms with Crippen molar-refractivity contribution in [3.05, 3.63) is 45.9 Å². The third-order valence-electron chi connectivity index (χ3n) is 4.74. The molecular formula is C18H21N3O2S. The van der Waals surface area contributed by atoms with E-state index in [-0.39, 0.29) is 18.1 Å². The Bertz CT molecular complexity index is 760. The van der Waals surface area contributed by atoms with Crippen LogP contribution in [0.4, 0.5) is 5.69 Å². The minimum Gasteiger partial charge on any atom is -0.372 e. The summed E-state index contributed by atoms with van der Waals surface area (Å²) in [6.07, 6.45) is 1.93. The predicted octanol–water partition coefficient (Wildman–Crippen LogP) is 2.49. The highest BCUT2D eigenvalue weighted by atomic mass is 32.1. The van der Waals surface area contributed by atoms with Crippen LogP contribution in [0.2, 0.25) is 0 Å². The first-order valence-corrected chi connectivity index (χ1v) is 9.15. The quantitative estimate of drug-likeness (QED) is 0.840. The Balaban J connectivity index is 1.55. The summed E-state index contributed by atoms with van der Waals surface area (Å²) in [6, 6.07) is 6.34. The number of thiophene rings is 1. The summed E-state index contributed by atoms with van der Waals surface area (Å²) in [4.78, 5) is 22.2. The molecule has 5 nitrogen and oxygen atoms in total. The molecule has 4 heterocycles. The molecule has 0 aliphatic carbocycles. The van der Waals surface area contributed by atoms with Crippen LogP contribution < -0.4 is 4.90 Å². The lowest BCUT2D eigenvalue weighted by Crippen LogP contribution is -2.51. The molecule has 0 saturated carbocycles. The summed E-state index contributed by atoms with van der Waals surface area (Å²) in [7, 11) is 0. The Morgan fingerprint density at radius 2 is 2.21 bits per heavy atom. The first-order valence-electron chi connectivity index (χ1n) is 8.27. The van der Waals surface area contributed by atoms with Gasteiger partial charge in [0.1, 0.15) is 0 Å². The van der Waals surface area contributed by atoms with Gasteiger partial charge in [-0.15, -0.1) is 11.3 Å². The molecule has 2 saturated heterocycles. The number of fused-ring (bicyclic) bond motifs is 1. The zero-order chi connectivity index (χ0) is 16.7. The van der Waals surface area contributed by atoms with Gasteiger partial charge in [-0.2, -0.15) is 0 Å². The molecule has 0 unspecified atom stereocenters. The van der Waals surface area contributed by atoms with E-state index in [4.69, 9.17) is 4.74 Å². The molecule has 0 bridgehead atoms. The Morgan fingerprint density at radius 1 is 1.33 bits per heavy atom. The molecule has 2 aliphatic rings. The maximum atomic E-state index is 12.8. The van der Waals surface area contributed by atoms with Crippen LogP contribution in [0.3, 0.4) is 0 Å². The smallest absolute Gasteiger partial charge is 0.264 e. The van der Waals surface area contributed by atoms with Crippen molar-refractivity contribution in [3.63, 3.8) is 0 Å². The van der Waals surface area contributed by atoms with Crippen molar-refractivity contribution in [2.24, 2.45) is 0 Å². The maximum Gasteiger partial charge on any atom is 0.264 e. The lowest BCUT2D eigenvalue weighted by atomic mass is 10.1. The zero-order valence-electron chi connectivity index (χ0n) is 13.9. The van der Waals surface area contributed by atoms with Crippen LogP contribution in [-0.2, 0) is 4.74 Å². The predicted molar refractivity (Wildman–Crippen MR) is 94.8 cm³/mol. The van der Waals surface area contributed by atoms with E-state index in [2.05, 4.69) is 16.0 Å². The molecule has 2 atom stereocenters. The van der Waals surface area contributed by atoms with E-state index in [0.29, 0.717) is 19.7 Å². The number of ether oxygens (including phenoxy) is 1. The van der Waals surface area contributed by atoms with Crippen LogP contribution in [0.25, 0.3) is 0 Å². The Morgan fingerprint density at radius 3 is 2.96 bits per heavy atom. The van der Waals surface area contributed by atoms with E-state index in [9.17, 15) is 4.79 Å². The molecule has 126 valence electrons. The minimum atomic E-state index is 0.0808. The van der Waals surface area contributed by atoms with Gasteiger partial charge < -0.3 is 14.5 Å². The van der Waals surface area contributed by atoms with Crippen molar-refractivity contribution < 1.29 is 9.53 Å². The van der Waals surface area contributed by atoms with Gasteiger partial charge in [-0.25, -0.2) is 0 Å². The third-order valence-corrected chi connectivity index (χ3v) is 5.78. The number of hydrogen-bond donors (Lipinski definition) is 0. The topological polar surface area (TPSA) is 45.7 Å². The second-order valence-corrected chi connectivity index (χ2v) is 7.44. The molecule has 0 aromatic carbocycles. The van der Waals surface area contributed by atoms with Crippen molar-refractivity contribution in [2.75, 3.05) is 31.1 Å². The second kappa shape index (κ2) is 6.18. The zero-order valence-corrected chi connectivity index (χ0v) is 14.8. The second-order valence-electron chi connectivity index (χ2n) is 6.52. The molecule has 0 radical (unpaired) electrons. The van der Waals surface area contributed by atoms with Gasteiger partial charge in [0.2, 0.25) is 0 Å². The summed E-state index contributed by atoms with van der Waals surface area (Å²) in [6.45, 7) is 6.95. The number of hydrogen-bond acceptors (Lipinski definition) is 5. The number of pyridine rings is 1. The summed E-state index contributed by atoms with van der Waals surface area (Å²) in [5.74, 6) is 0.122. The van der Waals surface area contributed by atoms with Crippen molar-refractivity contribution in [1.29, 1.82) is 0 Å². The number of aromatic nitrogens is 1. The Hall–Kier alpha value is -1.92. The van der Waals surface area contributed by atoms with Gasteiger partial charge in [0.25, 0.3) is 5.91 Å². The van der Waals surface area contributed by atoms with Crippen molar-refractivity contribution in [3.8, 4) is 0 Å². The SMILES string of the molecule is Cc1csc(C(=O)N2C[C@@H]3OCCN(c4ccnc(C)c4)[C@H]3C2)c1. The van der Waals surface area contributed by atoms with E-state index >= 15 is 0 Å². The van der Waals surface area contributed by atoms with Gasteiger partial charge in [0, 0.05) is 37.2 Å². The molecule has 2 aromatic heterocycles. The standard InChI is InChI=1S/C18H21N3O2S/c1-12-7-17(24-11-12)18(22)20-9-15-16(10-20)23-6-5-21(15)14-3-4-19-13(2)8-14/h3-4,7-8,11,15-16H,5-6,9-10H2,1-2H3/t15-,16-/m0/s1. The van der Waals surface area contributed by atoms with Crippen LogP contribution in [0.5, 0.6) is 0 Å². The van der Waals surface area contributed by atoms with E-state index in [1.165, 1.54) is 17.0 Å². The molecule has 4 rings (SSSR count). The highest BCUT2D eigenvalue weighted by molar-refractivity contribution is 7.12. The first-order chi connectivity index (χ1) is 11.6. The number of likely N-dealkylation sites (tertiary alicyclic amines) is 1. The number of carbonyl (C=O) groups is 1. The van der Waals surface area contributed by atoms with Crippen LogP contribution in [0.1, 0.15) is 20.9 Å². The highest BCUT2D eigenvalue weighted by Crippen LogP contribution is 2.29. The van der Waals surface area contributed by atoms with Crippen molar-refractivity contribution >= 4 is 22.9 Å². The average Bonchev–Trinajstić information content (AvgIpc) is 3.20. The van der Waals surface area contributed by atoms with E-state index in [0.717, 1.165) is 22.7 Å².